The number of piperazine rings is 1. The maximum Gasteiger partial charge on any atom is 0.131 e. The minimum absolute atomic E-state index is 0.576. The molecular weight excluding hydrogens is 200 g/mol. The molecule has 2 N–H and O–H groups in total. The largest absolute Gasteiger partial charge is 0.369 e. The van der Waals surface area contributed by atoms with Gasteiger partial charge in [-0.2, -0.15) is 0 Å². The van der Waals surface area contributed by atoms with Crippen LogP contribution in [0.1, 0.15) is 12.5 Å². The van der Waals surface area contributed by atoms with E-state index in [1.807, 2.05) is 6.20 Å². The van der Waals surface area contributed by atoms with Gasteiger partial charge in [0.15, 0.2) is 0 Å². The third-order valence-corrected chi connectivity index (χ3v) is 3.41. The standard InChI is InChI=1S/C12H18N4/c1-9-8-16(7-6-13-9)11-3-5-15-12-10(11)2-4-14-12/h3,5,9,13H,2,4,6-8H2,1H3,(H,14,15)/t9-/m1/s1. The van der Waals surface area contributed by atoms with Crippen molar-refractivity contribution in [2.75, 3.05) is 36.4 Å². The second kappa shape index (κ2) is 3.94. The summed E-state index contributed by atoms with van der Waals surface area (Å²) in [7, 11) is 0. The van der Waals surface area contributed by atoms with E-state index in [2.05, 4.69) is 33.5 Å². The van der Waals surface area contributed by atoms with Crippen LogP contribution in [-0.4, -0.2) is 37.2 Å². The summed E-state index contributed by atoms with van der Waals surface area (Å²) in [5, 5.41) is 6.81. The summed E-state index contributed by atoms with van der Waals surface area (Å²) in [6.45, 7) is 6.54. The van der Waals surface area contributed by atoms with Crippen LogP contribution < -0.4 is 15.5 Å². The van der Waals surface area contributed by atoms with Crippen LogP contribution in [0.25, 0.3) is 0 Å². The molecule has 86 valence electrons. The summed E-state index contributed by atoms with van der Waals surface area (Å²) in [6.07, 6.45) is 3.02. The van der Waals surface area contributed by atoms with E-state index >= 15 is 0 Å². The van der Waals surface area contributed by atoms with Gasteiger partial charge >= 0.3 is 0 Å². The summed E-state index contributed by atoms with van der Waals surface area (Å²) in [4.78, 5) is 6.86. The Balaban J connectivity index is 1.91. The van der Waals surface area contributed by atoms with E-state index in [1.165, 1.54) is 11.3 Å². The molecule has 0 aliphatic carbocycles. The van der Waals surface area contributed by atoms with E-state index in [0.717, 1.165) is 38.4 Å². The van der Waals surface area contributed by atoms with Crippen molar-refractivity contribution < 1.29 is 0 Å². The SMILES string of the molecule is C[C@@H]1CN(c2ccnc3c2CCN3)CCN1. The first-order valence-electron chi connectivity index (χ1n) is 6.04. The molecule has 0 saturated carbocycles. The Morgan fingerprint density at radius 1 is 1.44 bits per heavy atom. The summed E-state index contributed by atoms with van der Waals surface area (Å²) in [6, 6.07) is 2.73. The zero-order valence-corrected chi connectivity index (χ0v) is 9.66. The molecule has 1 saturated heterocycles. The second-order valence-corrected chi connectivity index (χ2v) is 4.64. The zero-order chi connectivity index (χ0) is 11.0. The van der Waals surface area contributed by atoms with Gasteiger partial charge in [0.05, 0.1) is 0 Å². The topological polar surface area (TPSA) is 40.2 Å². The number of nitrogens with one attached hydrogen (secondary N) is 2. The van der Waals surface area contributed by atoms with Gasteiger partial charge in [0.2, 0.25) is 0 Å². The molecule has 4 heteroatoms. The number of fused-ring (bicyclic) bond motifs is 1. The molecule has 0 radical (unpaired) electrons. The highest BCUT2D eigenvalue weighted by atomic mass is 15.2. The molecule has 4 nitrogen and oxygen atoms in total. The first kappa shape index (κ1) is 9.90. The summed E-state index contributed by atoms with van der Waals surface area (Å²) in [5.74, 6) is 1.09. The van der Waals surface area contributed by atoms with Crippen LogP contribution in [0.2, 0.25) is 0 Å². The number of rotatable bonds is 1. The number of anilines is 2. The number of aromatic nitrogens is 1. The number of hydrogen-bond donors (Lipinski definition) is 2. The van der Waals surface area contributed by atoms with Gasteiger partial charge in [0.25, 0.3) is 0 Å². The van der Waals surface area contributed by atoms with Gasteiger partial charge in [-0.3, -0.25) is 0 Å². The van der Waals surface area contributed by atoms with Crippen LogP contribution in [0, 0.1) is 0 Å². The van der Waals surface area contributed by atoms with Crippen molar-refractivity contribution in [1.29, 1.82) is 0 Å². The van der Waals surface area contributed by atoms with Gasteiger partial charge in [0.1, 0.15) is 5.82 Å². The van der Waals surface area contributed by atoms with E-state index < -0.39 is 0 Å². The van der Waals surface area contributed by atoms with Crippen molar-refractivity contribution in [1.82, 2.24) is 10.3 Å². The van der Waals surface area contributed by atoms with Crippen LogP contribution in [0.3, 0.4) is 0 Å². The van der Waals surface area contributed by atoms with Gasteiger partial charge in [-0.15, -0.1) is 0 Å². The van der Waals surface area contributed by atoms with E-state index in [1.54, 1.807) is 0 Å². The normalized spacial score (nSPS) is 24.1. The average molecular weight is 218 g/mol. The molecule has 2 aliphatic rings. The third kappa shape index (κ3) is 1.63. The lowest BCUT2D eigenvalue weighted by Gasteiger charge is -2.34. The zero-order valence-electron chi connectivity index (χ0n) is 9.66. The van der Waals surface area contributed by atoms with E-state index in [-0.39, 0.29) is 0 Å². The smallest absolute Gasteiger partial charge is 0.131 e. The maximum absolute atomic E-state index is 4.38. The van der Waals surface area contributed by atoms with Crippen LogP contribution in [0.4, 0.5) is 11.5 Å². The summed E-state index contributed by atoms with van der Waals surface area (Å²) >= 11 is 0. The summed E-state index contributed by atoms with van der Waals surface area (Å²) < 4.78 is 0. The monoisotopic (exact) mass is 218 g/mol. The lowest BCUT2D eigenvalue weighted by atomic mass is 10.1. The predicted molar refractivity (Wildman–Crippen MR) is 66.1 cm³/mol. The highest BCUT2D eigenvalue weighted by molar-refractivity contribution is 5.66. The maximum atomic E-state index is 4.38. The van der Waals surface area contributed by atoms with Crippen molar-refractivity contribution in [2.24, 2.45) is 0 Å². The van der Waals surface area contributed by atoms with Gasteiger partial charge in [-0.1, -0.05) is 0 Å². The molecule has 0 bridgehead atoms. The van der Waals surface area contributed by atoms with Gasteiger partial charge in [0, 0.05) is 49.7 Å². The van der Waals surface area contributed by atoms with Crippen molar-refractivity contribution in [3.8, 4) is 0 Å². The number of nitrogens with zero attached hydrogens (tertiary/aromatic N) is 2. The lowest BCUT2D eigenvalue weighted by Crippen LogP contribution is -2.49. The van der Waals surface area contributed by atoms with Gasteiger partial charge in [-0.25, -0.2) is 4.98 Å². The average Bonchev–Trinajstić information content (AvgIpc) is 2.76. The van der Waals surface area contributed by atoms with Crippen LogP contribution in [0.15, 0.2) is 12.3 Å². The Bertz CT molecular complexity index is 391. The molecule has 16 heavy (non-hydrogen) atoms. The van der Waals surface area contributed by atoms with Crippen LogP contribution in [0.5, 0.6) is 0 Å². The fourth-order valence-corrected chi connectivity index (χ4v) is 2.63. The predicted octanol–water partition coefficient (Wildman–Crippen LogP) is 0.848. The first-order chi connectivity index (χ1) is 7.84. The minimum Gasteiger partial charge on any atom is -0.369 e. The van der Waals surface area contributed by atoms with Gasteiger partial charge < -0.3 is 15.5 Å². The molecule has 0 spiro atoms. The van der Waals surface area contributed by atoms with Gasteiger partial charge in [-0.05, 0) is 19.4 Å². The molecule has 1 aromatic rings. The van der Waals surface area contributed by atoms with Crippen LogP contribution >= 0.6 is 0 Å². The Hall–Kier alpha value is -1.29. The van der Waals surface area contributed by atoms with Crippen molar-refractivity contribution in [3.05, 3.63) is 17.8 Å². The highest BCUT2D eigenvalue weighted by Gasteiger charge is 2.22. The Labute approximate surface area is 96.1 Å². The lowest BCUT2D eigenvalue weighted by molar-refractivity contribution is 0.484. The number of pyridine rings is 1. The Morgan fingerprint density at radius 2 is 2.38 bits per heavy atom. The number of hydrogen-bond acceptors (Lipinski definition) is 4. The molecule has 3 rings (SSSR count). The highest BCUT2D eigenvalue weighted by Crippen LogP contribution is 2.30. The molecule has 0 aromatic carbocycles. The van der Waals surface area contributed by atoms with E-state index in [4.69, 9.17) is 0 Å². The Morgan fingerprint density at radius 3 is 3.25 bits per heavy atom. The first-order valence-corrected chi connectivity index (χ1v) is 6.04. The molecular formula is C12H18N4. The summed E-state index contributed by atoms with van der Waals surface area (Å²) in [5.41, 5.74) is 2.78. The molecule has 1 fully saturated rings. The van der Waals surface area contributed by atoms with E-state index in [0.29, 0.717) is 6.04 Å². The van der Waals surface area contributed by atoms with Crippen molar-refractivity contribution >= 4 is 11.5 Å². The van der Waals surface area contributed by atoms with Crippen molar-refractivity contribution in [2.45, 2.75) is 19.4 Å². The Kier molecular flexibility index (Phi) is 2.44. The van der Waals surface area contributed by atoms with Crippen molar-refractivity contribution in [3.63, 3.8) is 0 Å². The second-order valence-electron chi connectivity index (χ2n) is 4.64. The van der Waals surface area contributed by atoms with Crippen LogP contribution in [-0.2, 0) is 6.42 Å². The molecule has 1 aromatic heterocycles. The molecule has 3 heterocycles. The molecule has 1 atom stereocenters. The third-order valence-electron chi connectivity index (χ3n) is 3.41. The fourth-order valence-electron chi connectivity index (χ4n) is 2.63. The molecule has 0 unspecified atom stereocenters. The fraction of sp³-hybridized carbons (Fsp3) is 0.583. The van der Waals surface area contributed by atoms with E-state index in [9.17, 15) is 0 Å². The molecule has 2 aliphatic heterocycles. The quantitative estimate of drug-likeness (QED) is 0.733. The minimum atomic E-state index is 0.576. The molecule has 0 amide bonds.